The van der Waals surface area contributed by atoms with Crippen molar-refractivity contribution in [1.29, 1.82) is 0 Å². The standard InChI is InChI=1S/C16H20ClN3O5S/c1-10(18-16(23)12-4-2-3-5-13(12)17)15(22)20-19-14(21)8-11-6-7-26(24,25)9-11/h2-5,10-11H,6-9H2,1H3,(H,18,23)(H,19,21)(H,20,22)/t10-,11-/m0/s1. The molecule has 1 aliphatic heterocycles. The van der Waals surface area contributed by atoms with E-state index in [-0.39, 0.29) is 34.4 Å². The van der Waals surface area contributed by atoms with Crippen LogP contribution in [0.15, 0.2) is 24.3 Å². The highest BCUT2D eigenvalue weighted by Crippen LogP contribution is 2.21. The summed E-state index contributed by atoms with van der Waals surface area (Å²) in [7, 11) is -3.05. The highest BCUT2D eigenvalue weighted by atomic mass is 35.5. The van der Waals surface area contributed by atoms with Crippen LogP contribution in [0.1, 0.15) is 30.1 Å². The normalized spacial score (nSPS) is 19.4. The molecule has 1 aliphatic rings. The Morgan fingerprint density at radius 1 is 1.23 bits per heavy atom. The molecule has 3 N–H and O–H groups in total. The zero-order valence-electron chi connectivity index (χ0n) is 14.1. The third kappa shape index (κ3) is 5.70. The molecule has 142 valence electrons. The number of hydrogen-bond acceptors (Lipinski definition) is 5. The second-order valence-corrected chi connectivity index (χ2v) is 8.82. The molecule has 0 aromatic heterocycles. The van der Waals surface area contributed by atoms with Crippen LogP contribution in [-0.2, 0) is 19.4 Å². The van der Waals surface area contributed by atoms with Gasteiger partial charge in [0, 0.05) is 6.42 Å². The van der Waals surface area contributed by atoms with Crippen molar-refractivity contribution in [3.63, 3.8) is 0 Å². The summed E-state index contributed by atoms with van der Waals surface area (Å²) in [5.74, 6) is -1.78. The van der Waals surface area contributed by atoms with Gasteiger partial charge in [-0.05, 0) is 31.4 Å². The molecular weight excluding hydrogens is 382 g/mol. The maximum absolute atomic E-state index is 12.1. The first-order valence-electron chi connectivity index (χ1n) is 8.02. The summed E-state index contributed by atoms with van der Waals surface area (Å²) in [6.07, 6.45) is 0.452. The van der Waals surface area contributed by atoms with E-state index in [0.29, 0.717) is 6.42 Å². The van der Waals surface area contributed by atoms with Crippen LogP contribution >= 0.6 is 11.6 Å². The Labute approximate surface area is 156 Å². The lowest BCUT2D eigenvalue weighted by atomic mass is 10.1. The Hall–Kier alpha value is -2.13. The molecule has 0 bridgehead atoms. The number of benzene rings is 1. The van der Waals surface area contributed by atoms with Crippen LogP contribution in [0.4, 0.5) is 0 Å². The van der Waals surface area contributed by atoms with E-state index >= 15 is 0 Å². The van der Waals surface area contributed by atoms with Crippen LogP contribution in [0.3, 0.4) is 0 Å². The number of hydrazine groups is 1. The Morgan fingerprint density at radius 3 is 2.54 bits per heavy atom. The number of carbonyl (C=O) groups is 3. The third-order valence-corrected chi connectivity index (χ3v) is 6.15. The van der Waals surface area contributed by atoms with Crippen LogP contribution in [-0.4, -0.2) is 43.7 Å². The van der Waals surface area contributed by atoms with Gasteiger partial charge in [-0.1, -0.05) is 23.7 Å². The second kappa shape index (κ2) is 8.50. The third-order valence-electron chi connectivity index (χ3n) is 3.99. The predicted molar refractivity (Wildman–Crippen MR) is 96.0 cm³/mol. The first-order chi connectivity index (χ1) is 12.2. The SMILES string of the molecule is C[C@H](NC(=O)c1ccccc1Cl)C(=O)NNC(=O)C[C@@H]1CCS(=O)(=O)C1. The minimum atomic E-state index is -3.05. The maximum Gasteiger partial charge on any atom is 0.260 e. The molecule has 0 saturated carbocycles. The Kier molecular flexibility index (Phi) is 6.60. The lowest BCUT2D eigenvalue weighted by Crippen LogP contribution is -2.51. The smallest absolute Gasteiger partial charge is 0.260 e. The summed E-state index contributed by atoms with van der Waals surface area (Å²) in [5, 5.41) is 2.74. The van der Waals surface area contributed by atoms with Crippen molar-refractivity contribution in [2.75, 3.05) is 11.5 Å². The van der Waals surface area contributed by atoms with Gasteiger partial charge in [0.1, 0.15) is 6.04 Å². The van der Waals surface area contributed by atoms with Crippen molar-refractivity contribution in [2.24, 2.45) is 5.92 Å². The minimum absolute atomic E-state index is 0.0138. The molecule has 1 fully saturated rings. The minimum Gasteiger partial charge on any atom is -0.340 e. The number of sulfone groups is 1. The zero-order chi connectivity index (χ0) is 19.3. The van der Waals surface area contributed by atoms with Crippen molar-refractivity contribution < 1.29 is 22.8 Å². The molecule has 1 aromatic carbocycles. The number of nitrogens with one attached hydrogen (secondary N) is 3. The van der Waals surface area contributed by atoms with Crippen LogP contribution in [0, 0.1) is 5.92 Å². The Morgan fingerprint density at radius 2 is 1.92 bits per heavy atom. The fourth-order valence-electron chi connectivity index (χ4n) is 2.57. The van der Waals surface area contributed by atoms with E-state index in [9.17, 15) is 22.8 Å². The summed E-state index contributed by atoms with van der Waals surface area (Å²) in [6, 6.07) is 5.51. The summed E-state index contributed by atoms with van der Waals surface area (Å²) < 4.78 is 22.7. The van der Waals surface area contributed by atoms with Gasteiger partial charge in [0.2, 0.25) is 5.91 Å². The maximum atomic E-state index is 12.1. The molecule has 0 spiro atoms. The Balaban J connectivity index is 1.77. The average Bonchev–Trinajstić information content (AvgIpc) is 2.91. The van der Waals surface area contributed by atoms with Crippen molar-refractivity contribution in [1.82, 2.24) is 16.2 Å². The molecule has 2 rings (SSSR count). The zero-order valence-corrected chi connectivity index (χ0v) is 15.7. The molecule has 10 heteroatoms. The monoisotopic (exact) mass is 401 g/mol. The van der Waals surface area contributed by atoms with E-state index < -0.39 is 33.6 Å². The molecule has 2 atom stereocenters. The van der Waals surface area contributed by atoms with E-state index in [1.54, 1.807) is 18.2 Å². The molecule has 0 unspecified atom stereocenters. The summed E-state index contributed by atoms with van der Waals surface area (Å²) in [4.78, 5) is 35.9. The molecule has 1 saturated heterocycles. The Bertz CT molecular complexity index is 812. The van der Waals surface area contributed by atoms with E-state index in [1.165, 1.54) is 13.0 Å². The first-order valence-corrected chi connectivity index (χ1v) is 10.2. The molecule has 26 heavy (non-hydrogen) atoms. The van der Waals surface area contributed by atoms with Crippen LogP contribution in [0.25, 0.3) is 0 Å². The van der Waals surface area contributed by atoms with Crippen molar-refractivity contribution in [2.45, 2.75) is 25.8 Å². The van der Waals surface area contributed by atoms with Gasteiger partial charge in [0.25, 0.3) is 11.8 Å². The topological polar surface area (TPSA) is 121 Å². The van der Waals surface area contributed by atoms with Gasteiger partial charge in [-0.25, -0.2) is 8.42 Å². The largest absolute Gasteiger partial charge is 0.340 e. The molecule has 1 aromatic rings. The van der Waals surface area contributed by atoms with E-state index in [1.807, 2.05) is 0 Å². The fraction of sp³-hybridized carbons (Fsp3) is 0.438. The molecular formula is C16H20ClN3O5S. The number of hydrogen-bond donors (Lipinski definition) is 3. The fourth-order valence-corrected chi connectivity index (χ4v) is 4.65. The number of halogens is 1. The van der Waals surface area contributed by atoms with Crippen molar-refractivity contribution >= 4 is 39.2 Å². The quantitative estimate of drug-likeness (QED) is 0.618. The van der Waals surface area contributed by atoms with E-state index in [4.69, 9.17) is 11.6 Å². The number of amides is 3. The lowest BCUT2D eigenvalue weighted by Gasteiger charge is -2.15. The first kappa shape index (κ1) is 20.2. The number of carbonyl (C=O) groups excluding carboxylic acids is 3. The summed E-state index contributed by atoms with van der Waals surface area (Å²) in [6.45, 7) is 1.46. The van der Waals surface area contributed by atoms with Gasteiger partial charge in [-0.15, -0.1) is 0 Å². The summed E-state index contributed by atoms with van der Waals surface area (Å²) in [5.41, 5.74) is 4.68. The van der Waals surface area contributed by atoms with Gasteiger partial charge >= 0.3 is 0 Å². The van der Waals surface area contributed by atoms with Gasteiger partial charge in [0.15, 0.2) is 9.84 Å². The van der Waals surface area contributed by atoms with Gasteiger partial charge in [0.05, 0.1) is 22.1 Å². The van der Waals surface area contributed by atoms with Crippen LogP contribution in [0.2, 0.25) is 5.02 Å². The predicted octanol–water partition coefficient (Wildman–Crippen LogP) is 0.430. The van der Waals surface area contributed by atoms with E-state index in [2.05, 4.69) is 16.2 Å². The number of rotatable bonds is 5. The van der Waals surface area contributed by atoms with Crippen LogP contribution in [0.5, 0.6) is 0 Å². The molecule has 1 heterocycles. The summed E-state index contributed by atoms with van der Waals surface area (Å²) >= 11 is 5.92. The second-order valence-electron chi connectivity index (χ2n) is 6.19. The lowest BCUT2D eigenvalue weighted by molar-refractivity contribution is -0.130. The van der Waals surface area contributed by atoms with Crippen LogP contribution < -0.4 is 16.2 Å². The van der Waals surface area contributed by atoms with Gasteiger partial charge in [-0.3, -0.25) is 25.2 Å². The molecule has 0 aliphatic carbocycles. The highest BCUT2D eigenvalue weighted by molar-refractivity contribution is 7.91. The molecule has 0 radical (unpaired) electrons. The van der Waals surface area contributed by atoms with Crippen molar-refractivity contribution in [3.05, 3.63) is 34.9 Å². The highest BCUT2D eigenvalue weighted by Gasteiger charge is 2.29. The van der Waals surface area contributed by atoms with Gasteiger partial charge in [-0.2, -0.15) is 0 Å². The molecule has 8 nitrogen and oxygen atoms in total. The average molecular weight is 402 g/mol. The molecule has 3 amide bonds. The van der Waals surface area contributed by atoms with Gasteiger partial charge < -0.3 is 5.32 Å². The van der Waals surface area contributed by atoms with E-state index in [0.717, 1.165) is 0 Å². The van der Waals surface area contributed by atoms with Crippen molar-refractivity contribution in [3.8, 4) is 0 Å².